The van der Waals surface area contributed by atoms with Crippen molar-refractivity contribution in [1.29, 1.82) is 0 Å². The largest absolute Gasteiger partial charge is 0.505 e. The van der Waals surface area contributed by atoms with Crippen LogP contribution in [0.15, 0.2) is 27.8 Å². The molecular formula is C19H29N5O5. The van der Waals surface area contributed by atoms with Gasteiger partial charge in [-0.1, -0.05) is 19.9 Å². The number of hydrogen-bond donors (Lipinski definition) is 4. The number of hydrogen-bond acceptors (Lipinski definition) is 7. The van der Waals surface area contributed by atoms with Crippen LogP contribution in [0.5, 0.6) is 5.75 Å². The third kappa shape index (κ3) is 5.61. The van der Waals surface area contributed by atoms with Gasteiger partial charge < -0.3 is 25.4 Å². The number of aromatic hydroxyl groups is 1. The van der Waals surface area contributed by atoms with E-state index in [1.165, 1.54) is 31.2 Å². The van der Waals surface area contributed by atoms with Crippen LogP contribution >= 0.6 is 0 Å². The Hall–Kier alpha value is -3.27. The first kappa shape index (κ1) is 23.8. The van der Waals surface area contributed by atoms with Crippen molar-refractivity contribution in [3.63, 3.8) is 0 Å². The number of anilines is 3. The van der Waals surface area contributed by atoms with Gasteiger partial charge in [0, 0.05) is 34.8 Å². The van der Waals surface area contributed by atoms with Crippen LogP contribution in [-0.2, 0) is 11.8 Å². The number of benzene rings is 1. The second-order valence-electron chi connectivity index (χ2n) is 6.00. The first-order chi connectivity index (χ1) is 13.8. The standard InChI is InChI=1S/C17H23N5O5.C2H6/c1-21(2)16(25)10-6-5-7-11(14(10)23)19-12-13(18-8-9-27-4)17(26)22(3)20-15(12)24;1-2/h5-7,18-19,23H,8-9H2,1-4H3,(H,20,24);1-2H3. The normalized spacial score (nSPS) is 10.0. The summed E-state index contributed by atoms with van der Waals surface area (Å²) >= 11 is 0. The molecule has 0 fully saturated rings. The molecule has 2 aromatic rings. The molecule has 1 amide bonds. The van der Waals surface area contributed by atoms with Gasteiger partial charge in [0.05, 0.1) is 17.9 Å². The molecule has 0 aliphatic heterocycles. The van der Waals surface area contributed by atoms with Gasteiger partial charge in [-0.15, -0.1) is 0 Å². The van der Waals surface area contributed by atoms with Crippen LogP contribution in [0, 0.1) is 0 Å². The molecule has 0 saturated carbocycles. The van der Waals surface area contributed by atoms with Crippen molar-refractivity contribution in [3.05, 3.63) is 44.5 Å². The molecule has 29 heavy (non-hydrogen) atoms. The van der Waals surface area contributed by atoms with Crippen molar-refractivity contribution in [1.82, 2.24) is 14.7 Å². The van der Waals surface area contributed by atoms with Gasteiger partial charge >= 0.3 is 0 Å². The lowest BCUT2D eigenvalue weighted by Gasteiger charge is -2.16. The molecule has 1 heterocycles. The SMILES string of the molecule is CC.COCCNc1c(Nc2cccc(C(=O)N(C)C)c2O)c(=O)[nH]n(C)c1=O. The summed E-state index contributed by atoms with van der Waals surface area (Å²) in [5, 5.41) is 18.5. The smallest absolute Gasteiger partial charge is 0.290 e. The molecule has 0 saturated heterocycles. The number of H-pyrrole nitrogens is 1. The number of rotatable bonds is 7. The van der Waals surface area contributed by atoms with E-state index in [9.17, 15) is 19.5 Å². The summed E-state index contributed by atoms with van der Waals surface area (Å²) in [6.07, 6.45) is 0. The Balaban J connectivity index is 0.00000204. The number of carbonyl (C=O) groups excluding carboxylic acids is 1. The maximum absolute atomic E-state index is 12.4. The Morgan fingerprint density at radius 2 is 1.90 bits per heavy atom. The average Bonchev–Trinajstić information content (AvgIpc) is 2.70. The Labute approximate surface area is 169 Å². The number of amides is 1. The minimum absolute atomic E-state index is 0.0297. The Morgan fingerprint density at radius 3 is 2.48 bits per heavy atom. The summed E-state index contributed by atoms with van der Waals surface area (Å²) in [5.74, 6) is -0.716. The molecule has 0 bridgehead atoms. The molecule has 0 spiro atoms. The van der Waals surface area contributed by atoms with Crippen LogP contribution in [-0.4, -0.2) is 60.1 Å². The minimum atomic E-state index is -0.569. The van der Waals surface area contributed by atoms with Gasteiger partial charge in [-0.2, -0.15) is 0 Å². The van der Waals surface area contributed by atoms with Crippen molar-refractivity contribution in [2.24, 2.45) is 7.05 Å². The highest BCUT2D eigenvalue weighted by Gasteiger charge is 2.19. The summed E-state index contributed by atoms with van der Waals surface area (Å²) in [6.45, 7) is 4.63. The quantitative estimate of drug-likeness (QED) is 0.402. The second-order valence-corrected chi connectivity index (χ2v) is 6.00. The number of carbonyl (C=O) groups is 1. The maximum atomic E-state index is 12.4. The van der Waals surface area contributed by atoms with Crippen LogP contribution in [0.3, 0.4) is 0 Å². The van der Waals surface area contributed by atoms with Gasteiger partial charge in [-0.25, -0.2) is 0 Å². The topological polar surface area (TPSA) is 129 Å². The van der Waals surface area contributed by atoms with E-state index in [2.05, 4.69) is 15.7 Å². The minimum Gasteiger partial charge on any atom is -0.505 e. The lowest BCUT2D eigenvalue weighted by atomic mass is 10.1. The second kappa shape index (κ2) is 10.9. The zero-order valence-corrected chi connectivity index (χ0v) is 17.6. The molecule has 10 heteroatoms. The molecule has 0 aliphatic carbocycles. The number of phenols is 1. The molecule has 0 radical (unpaired) electrons. The van der Waals surface area contributed by atoms with Crippen molar-refractivity contribution < 1.29 is 14.6 Å². The molecule has 2 rings (SSSR count). The lowest BCUT2D eigenvalue weighted by Crippen LogP contribution is -2.32. The molecule has 160 valence electrons. The number of para-hydroxylation sites is 1. The predicted molar refractivity (Wildman–Crippen MR) is 113 cm³/mol. The van der Waals surface area contributed by atoms with E-state index in [1.54, 1.807) is 20.2 Å². The summed E-state index contributed by atoms with van der Waals surface area (Å²) in [5.41, 5.74) is -0.884. The summed E-state index contributed by atoms with van der Waals surface area (Å²) in [4.78, 5) is 38.3. The lowest BCUT2D eigenvalue weighted by molar-refractivity contribution is 0.0824. The monoisotopic (exact) mass is 407 g/mol. The van der Waals surface area contributed by atoms with Crippen LogP contribution < -0.4 is 21.8 Å². The molecule has 1 aromatic carbocycles. The van der Waals surface area contributed by atoms with Gasteiger partial charge in [0.15, 0.2) is 5.75 Å². The average molecular weight is 407 g/mol. The number of nitrogens with one attached hydrogen (secondary N) is 3. The van der Waals surface area contributed by atoms with E-state index in [1.807, 2.05) is 13.8 Å². The molecule has 4 N–H and O–H groups in total. The molecule has 0 aliphatic rings. The van der Waals surface area contributed by atoms with Crippen molar-refractivity contribution >= 4 is 23.0 Å². The van der Waals surface area contributed by atoms with Gasteiger partial charge in [0.2, 0.25) is 0 Å². The number of phenolic OH excluding ortho intramolecular Hbond substituents is 1. The van der Waals surface area contributed by atoms with E-state index < -0.39 is 17.0 Å². The third-order valence-electron chi connectivity index (χ3n) is 3.81. The van der Waals surface area contributed by atoms with Gasteiger partial charge in [-0.3, -0.25) is 24.2 Å². The van der Waals surface area contributed by atoms with Crippen molar-refractivity contribution in [2.45, 2.75) is 13.8 Å². The highest BCUT2D eigenvalue weighted by Crippen LogP contribution is 2.31. The summed E-state index contributed by atoms with van der Waals surface area (Å²) in [6, 6.07) is 4.53. The number of ether oxygens (including phenoxy) is 1. The molecule has 1 aromatic heterocycles. The first-order valence-electron chi connectivity index (χ1n) is 9.14. The van der Waals surface area contributed by atoms with E-state index >= 15 is 0 Å². The third-order valence-corrected chi connectivity index (χ3v) is 3.81. The van der Waals surface area contributed by atoms with E-state index in [0.29, 0.717) is 13.2 Å². The van der Waals surface area contributed by atoms with E-state index in [0.717, 1.165) is 4.68 Å². The molecule has 0 atom stereocenters. The van der Waals surface area contributed by atoms with E-state index in [-0.39, 0.29) is 28.4 Å². The number of aryl methyl sites for hydroxylation is 1. The van der Waals surface area contributed by atoms with E-state index in [4.69, 9.17) is 4.74 Å². The Kier molecular flexibility index (Phi) is 8.94. The van der Waals surface area contributed by atoms with Gasteiger partial charge in [0.1, 0.15) is 11.4 Å². The molecular weight excluding hydrogens is 378 g/mol. The number of aromatic nitrogens is 2. The fraction of sp³-hybridized carbons (Fsp3) is 0.421. The Bertz CT molecular complexity index is 949. The zero-order chi connectivity index (χ0) is 22.1. The zero-order valence-electron chi connectivity index (χ0n) is 17.6. The highest BCUT2D eigenvalue weighted by atomic mass is 16.5. The van der Waals surface area contributed by atoms with Crippen LogP contribution in [0.4, 0.5) is 17.1 Å². The van der Waals surface area contributed by atoms with Crippen LogP contribution in [0.25, 0.3) is 0 Å². The Morgan fingerprint density at radius 1 is 1.24 bits per heavy atom. The highest BCUT2D eigenvalue weighted by molar-refractivity contribution is 5.98. The number of methoxy groups -OCH3 is 1. The summed E-state index contributed by atoms with van der Waals surface area (Å²) in [7, 11) is 6.06. The number of nitrogens with zero attached hydrogens (tertiary/aromatic N) is 2. The fourth-order valence-corrected chi connectivity index (χ4v) is 2.40. The van der Waals surface area contributed by atoms with Crippen molar-refractivity contribution in [2.75, 3.05) is 45.0 Å². The van der Waals surface area contributed by atoms with Gasteiger partial charge in [-0.05, 0) is 12.1 Å². The van der Waals surface area contributed by atoms with Crippen molar-refractivity contribution in [3.8, 4) is 5.75 Å². The fourth-order valence-electron chi connectivity index (χ4n) is 2.40. The number of aromatic amines is 1. The molecule has 0 unspecified atom stereocenters. The summed E-state index contributed by atoms with van der Waals surface area (Å²) < 4.78 is 6.00. The molecule has 10 nitrogen and oxygen atoms in total. The maximum Gasteiger partial charge on any atom is 0.290 e. The van der Waals surface area contributed by atoms with Crippen LogP contribution in [0.1, 0.15) is 24.2 Å². The predicted octanol–water partition coefficient (Wildman–Crippen LogP) is 1.31. The van der Waals surface area contributed by atoms with Crippen LogP contribution in [0.2, 0.25) is 0 Å². The van der Waals surface area contributed by atoms with Gasteiger partial charge in [0.25, 0.3) is 17.0 Å². The first-order valence-corrected chi connectivity index (χ1v) is 9.14.